The van der Waals surface area contributed by atoms with Crippen molar-refractivity contribution in [1.29, 1.82) is 0 Å². The topological polar surface area (TPSA) is 46.2 Å². The lowest BCUT2D eigenvalue weighted by Crippen LogP contribution is -1.93. The van der Waals surface area contributed by atoms with Crippen LogP contribution in [0, 0.1) is 20.8 Å². The van der Waals surface area contributed by atoms with Crippen molar-refractivity contribution in [2.75, 3.05) is 5.73 Å². The Hall–Kier alpha value is -1.96. The van der Waals surface area contributed by atoms with Crippen LogP contribution in [0.2, 0.25) is 0 Å². The Balaban J connectivity index is 2.72. The third kappa shape index (κ3) is 1.98. The summed E-state index contributed by atoms with van der Waals surface area (Å²) < 4.78 is 0. The van der Waals surface area contributed by atoms with Crippen molar-refractivity contribution >= 4 is 5.69 Å². The van der Waals surface area contributed by atoms with Gasteiger partial charge in [0.25, 0.3) is 0 Å². The fourth-order valence-corrected chi connectivity index (χ4v) is 2.13. The van der Waals surface area contributed by atoms with E-state index in [0.29, 0.717) is 5.69 Å². The Morgan fingerprint density at radius 2 is 1.59 bits per heavy atom. The third-order valence-corrected chi connectivity index (χ3v) is 3.24. The lowest BCUT2D eigenvalue weighted by Gasteiger charge is -2.14. The average Bonchev–Trinajstić information content (AvgIpc) is 2.27. The SMILES string of the molecule is Cc1ccc(C)c(-c2ccc(N)cc2O)c1C. The number of hydrogen-bond donors (Lipinski definition) is 2. The van der Waals surface area contributed by atoms with Gasteiger partial charge in [-0.1, -0.05) is 12.1 Å². The van der Waals surface area contributed by atoms with Gasteiger partial charge in [-0.3, -0.25) is 0 Å². The van der Waals surface area contributed by atoms with Crippen LogP contribution >= 0.6 is 0 Å². The number of aromatic hydroxyl groups is 1. The fraction of sp³-hybridized carbons (Fsp3) is 0.200. The molecule has 0 amide bonds. The maximum absolute atomic E-state index is 10.0. The van der Waals surface area contributed by atoms with Gasteiger partial charge in [-0.15, -0.1) is 0 Å². The molecule has 2 rings (SSSR count). The van der Waals surface area contributed by atoms with E-state index in [4.69, 9.17) is 5.73 Å². The highest BCUT2D eigenvalue weighted by atomic mass is 16.3. The molecule has 0 unspecified atom stereocenters. The molecule has 0 heterocycles. The molecule has 17 heavy (non-hydrogen) atoms. The Kier molecular flexibility index (Phi) is 2.80. The van der Waals surface area contributed by atoms with Crippen molar-refractivity contribution in [3.05, 3.63) is 47.0 Å². The van der Waals surface area contributed by atoms with E-state index < -0.39 is 0 Å². The molecule has 0 aliphatic carbocycles. The molecule has 0 aromatic heterocycles. The van der Waals surface area contributed by atoms with E-state index in [-0.39, 0.29) is 5.75 Å². The highest BCUT2D eigenvalue weighted by molar-refractivity contribution is 5.78. The Labute approximate surface area is 102 Å². The molecule has 0 aliphatic rings. The predicted molar refractivity (Wildman–Crippen MR) is 72.2 cm³/mol. The van der Waals surface area contributed by atoms with Crippen LogP contribution in [0.1, 0.15) is 16.7 Å². The van der Waals surface area contributed by atoms with Gasteiger partial charge >= 0.3 is 0 Å². The van der Waals surface area contributed by atoms with Crippen molar-refractivity contribution in [2.24, 2.45) is 0 Å². The summed E-state index contributed by atoms with van der Waals surface area (Å²) in [6, 6.07) is 9.46. The van der Waals surface area contributed by atoms with Crippen LogP contribution in [-0.4, -0.2) is 5.11 Å². The smallest absolute Gasteiger partial charge is 0.125 e. The first kappa shape index (κ1) is 11.5. The number of phenols is 1. The summed E-state index contributed by atoms with van der Waals surface area (Å²) in [5.74, 6) is 0.238. The van der Waals surface area contributed by atoms with E-state index in [1.807, 2.05) is 12.1 Å². The number of aryl methyl sites for hydroxylation is 2. The summed E-state index contributed by atoms with van der Waals surface area (Å²) in [6.07, 6.45) is 0. The first-order valence-corrected chi connectivity index (χ1v) is 5.66. The quantitative estimate of drug-likeness (QED) is 0.732. The minimum absolute atomic E-state index is 0.238. The van der Waals surface area contributed by atoms with Crippen LogP contribution in [0.5, 0.6) is 5.75 Å². The molecule has 88 valence electrons. The number of phenolic OH excluding ortho intramolecular Hbond substituents is 1. The number of benzene rings is 2. The fourth-order valence-electron chi connectivity index (χ4n) is 2.13. The first-order valence-electron chi connectivity index (χ1n) is 5.66. The second-order valence-corrected chi connectivity index (χ2v) is 4.48. The van der Waals surface area contributed by atoms with Crippen molar-refractivity contribution in [1.82, 2.24) is 0 Å². The average molecular weight is 227 g/mol. The highest BCUT2D eigenvalue weighted by Crippen LogP contribution is 2.36. The lowest BCUT2D eigenvalue weighted by molar-refractivity contribution is 0.477. The van der Waals surface area contributed by atoms with Crippen molar-refractivity contribution in [3.63, 3.8) is 0 Å². The Morgan fingerprint density at radius 3 is 2.24 bits per heavy atom. The number of anilines is 1. The Morgan fingerprint density at radius 1 is 0.941 bits per heavy atom. The lowest BCUT2D eigenvalue weighted by atomic mass is 9.92. The van der Waals surface area contributed by atoms with Crippen molar-refractivity contribution in [3.8, 4) is 16.9 Å². The Bertz CT molecular complexity index is 573. The highest BCUT2D eigenvalue weighted by Gasteiger charge is 2.11. The molecule has 0 aliphatic heterocycles. The van der Waals surface area contributed by atoms with Crippen LogP contribution in [0.15, 0.2) is 30.3 Å². The molecule has 2 nitrogen and oxygen atoms in total. The maximum Gasteiger partial charge on any atom is 0.125 e. The number of nitrogen functional groups attached to an aromatic ring is 1. The zero-order valence-electron chi connectivity index (χ0n) is 10.4. The summed E-state index contributed by atoms with van der Waals surface area (Å²) >= 11 is 0. The minimum Gasteiger partial charge on any atom is -0.507 e. The molecular formula is C15H17NO. The van der Waals surface area contributed by atoms with Gasteiger partial charge in [0.05, 0.1) is 0 Å². The van der Waals surface area contributed by atoms with E-state index in [9.17, 15) is 5.11 Å². The van der Waals surface area contributed by atoms with Gasteiger partial charge in [0.1, 0.15) is 5.75 Å². The van der Waals surface area contributed by atoms with Gasteiger partial charge < -0.3 is 10.8 Å². The number of rotatable bonds is 1. The standard InChI is InChI=1S/C15H17NO/c1-9-4-5-10(2)15(11(9)3)13-7-6-12(16)8-14(13)17/h4-8,17H,16H2,1-3H3. The van der Waals surface area contributed by atoms with E-state index in [2.05, 4.69) is 32.9 Å². The zero-order valence-corrected chi connectivity index (χ0v) is 10.4. The zero-order chi connectivity index (χ0) is 12.6. The third-order valence-electron chi connectivity index (χ3n) is 3.24. The summed E-state index contributed by atoms with van der Waals surface area (Å²) in [4.78, 5) is 0. The van der Waals surface area contributed by atoms with Crippen LogP contribution in [-0.2, 0) is 0 Å². The minimum atomic E-state index is 0.238. The van der Waals surface area contributed by atoms with Gasteiger partial charge in [0.2, 0.25) is 0 Å². The molecule has 2 aromatic rings. The molecule has 0 fully saturated rings. The van der Waals surface area contributed by atoms with Crippen molar-refractivity contribution < 1.29 is 5.11 Å². The summed E-state index contributed by atoms with van der Waals surface area (Å²) in [6.45, 7) is 6.21. The van der Waals surface area contributed by atoms with Crippen LogP contribution < -0.4 is 5.73 Å². The van der Waals surface area contributed by atoms with E-state index in [1.54, 1.807) is 6.07 Å². The second kappa shape index (κ2) is 4.13. The number of nitrogens with two attached hydrogens (primary N) is 1. The molecule has 0 saturated heterocycles. The van der Waals surface area contributed by atoms with Gasteiger partial charge in [-0.2, -0.15) is 0 Å². The molecule has 2 aromatic carbocycles. The molecule has 3 N–H and O–H groups in total. The van der Waals surface area contributed by atoms with Crippen molar-refractivity contribution in [2.45, 2.75) is 20.8 Å². The molecular weight excluding hydrogens is 210 g/mol. The second-order valence-electron chi connectivity index (χ2n) is 4.48. The van der Waals surface area contributed by atoms with Gasteiger partial charge in [-0.25, -0.2) is 0 Å². The van der Waals surface area contributed by atoms with E-state index in [0.717, 1.165) is 16.7 Å². The summed E-state index contributed by atoms with van der Waals surface area (Å²) in [5, 5.41) is 10.0. The summed E-state index contributed by atoms with van der Waals surface area (Å²) in [7, 11) is 0. The van der Waals surface area contributed by atoms with Crippen LogP contribution in [0.4, 0.5) is 5.69 Å². The summed E-state index contributed by atoms with van der Waals surface area (Å²) in [5.41, 5.74) is 11.8. The monoisotopic (exact) mass is 227 g/mol. The molecule has 2 heteroatoms. The van der Waals surface area contributed by atoms with Gasteiger partial charge in [0.15, 0.2) is 0 Å². The molecule has 0 radical (unpaired) electrons. The van der Waals surface area contributed by atoms with E-state index in [1.165, 1.54) is 11.1 Å². The largest absolute Gasteiger partial charge is 0.507 e. The van der Waals surface area contributed by atoms with Gasteiger partial charge in [-0.05, 0) is 55.2 Å². The first-order chi connectivity index (χ1) is 8.00. The number of hydrogen-bond acceptors (Lipinski definition) is 2. The molecule has 0 spiro atoms. The molecule has 0 atom stereocenters. The van der Waals surface area contributed by atoms with Gasteiger partial charge in [0, 0.05) is 17.3 Å². The maximum atomic E-state index is 10.0. The van der Waals surface area contributed by atoms with Crippen LogP contribution in [0.25, 0.3) is 11.1 Å². The molecule has 0 saturated carbocycles. The molecule has 0 bridgehead atoms. The van der Waals surface area contributed by atoms with Crippen LogP contribution in [0.3, 0.4) is 0 Å². The van der Waals surface area contributed by atoms with E-state index >= 15 is 0 Å². The predicted octanol–water partition coefficient (Wildman–Crippen LogP) is 3.57. The normalized spacial score (nSPS) is 10.5.